The smallest absolute Gasteiger partial charge is 0.336 e. The molecule has 0 spiro atoms. The molecule has 1 aliphatic heterocycles. The third-order valence-corrected chi connectivity index (χ3v) is 9.49. The summed E-state index contributed by atoms with van der Waals surface area (Å²) in [6.07, 6.45) is 0. The van der Waals surface area contributed by atoms with Crippen LogP contribution in [0.4, 0.5) is 10.5 Å². The Labute approximate surface area is 289 Å². The Bertz CT molecular complexity index is 1820. The van der Waals surface area contributed by atoms with Crippen LogP contribution >= 0.6 is 90.4 Å². The molecule has 0 fully saturated rings. The predicted octanol–water partition coefficient (Wildman–Crippen LogP) is 8.17. The number of nitrogens with one attached hydrogen (secondary N) is 1. The maximum Gasteiger partial charge on any atom is 0.336 e. The topological polar surface area (TPSA) is 120 Å². The third kappa shape index (κ3) is 6.74. The molecule has 0 atom stereocenters. The molecule has 8 nitrogen and oxygen atoms in total. The van der Waals surface area contributed by atoms with Crippen LogP contribution in [-0.2, 0) is 0 Å². The number of nitrogens with zero attached hydrogens (tertiary/aromatic N) is 1. The third-order valence-electron chi connectivity index (χ3n) is 5.88. The zero-order valence-corrected chi connectivity index (χ0v) is 30.0. The largest absolute Gasteiger partial charge is 0.506 e. The van der Waals surface area contributed by atoms with Crippen LogP contribution in [0, 0.1) is 14.3 Å². The van der Waals surface area contributed by atoms with E-state index in [2.05, 4.69) is 5.32 Å². The number of amides is 2. The van der Waals surface area contributed by atoms with Gasteiger partial charge < -0.3 is 24.8 Å². The summed E-state index contributed by atoms with van der Waals surface area (Å²) >= 11 is 7.96. The van der Waals surface area contributed by atoms with Gasteiger partial charge in [-0.15, -0.1) is 0 Å². The molecule has 3 aromatic carbocycles. The molecular weight excluding hydrogens is 980 g/mol. The van der Waals surface area contributed by atoms with Crippen molar-refractivity contribution in [3.8, 4) is 28.2 Å². The Morgan fingerprint density at radius 2 is 1.49 bits per heavy atom. The van der Waals surface area contributed by atoms with Gasteiger partial charge in [0.05, 0.1) is 16.3 Å². The highest BCUT2D eigenvalue weighted by Gasteiger charge is 2.27. The predicted molar refractivity (Wildman–Crippen MR) is 193 cm³/mol. The number of aromatic carboxylic acids is 1. The lowest BCUT2D eigenvalue weighted by atomic mass is 9.91. The van der Waals surface area contributed by atoms with E-state index < -0.39 is 5.97 Å². The van der Waals surface area contributed by atoms with Crippen LogP contribution in [0.2, 0.25) is 0 Å². The van der Waals surface area contributed by atoms with Crippen molar-refractivity contribution in [2.75, 3.05) is 19.4 Å². The molecule has 5 rings (SSSR count). The maximum absolute atomic E-state index is 12.5. The minimum atomic E-state index is -1.05. The zero-order valence-electron chi connectivity index (χ0n) is 21.3. The number of halogens is 4. The van der Waals surface area contributed by atoms with Gasteiger partial charge in [0.1, 0.15) is 9.32 Å². The van der Waals surface area contributed by atoms with Crippen LogP contribution in [0.3, 0.4) is 0 Å². The minimum absolute atomic E-state index is 0.0853. The number of urea groups is 1. The molecule has 3 N–H and O–H groups in total. The van der Waals surface area contributed by atoms with E-state index in [0.717, 1.165) is 5.69 Å². The van der Waals surface area contributed by atoms with Gasteiger partial charge >= 0.3 is 12.0 Å². The van der Waals surface area contributed by atoms with Crippen LogP contribution in [0.15, 0.2) is 75.9 Å². The summed E-state index contributed by atoms with van der Waals surface area (Å²) in [4.78, 5) is 37.1. The van der Waals surface area contributed by atoms with E-state index >= 15 is 0 Å². The monoisotopic (exact) mass is 1000 g/mol. The molecule has 41 heavy (non-hydrogen) atoms. The number of para-hydroxylation sites is 1. The number of carboxylic acids is 1. The normalized spacial score (nSPS) is 10.7. The van der Waals surface area contributed by atoms with Crippen molar-refractivity contribution in [3.63, 3.8) is 0 Å². The summed E-state index contributed by atoms with van der Waals surface area (Å²) in [7, 11) is 3.41. The molecule has 0 saturated heterocycles. The fourth-order valence-corrected chi connectivity index (χ4v) is 7.50. The van der Waals surface area contributed by atoms with Crippen molar-refractivity contribution in [1.29, 1.82) is 0 Å². The molecule has 0 bridgehead atoms. The van der Waals surface area contributed by atoms with Gasteiger partial charge in [-0.3, -0.25) is 4.79 Å². The van der Waals surface area contributed by atoms with Gasteiger partial charge in [-0.2, -0.15) is 0 Å². The number of carbonyl (C=O) groups is 2. The van der Waals surface area contributed by atoms with Crippen molar-refractivity contribution in [2.24, 2.45) is 0 Å². The van der Waals surface area contributed by atoms with E-state index in [9.17, 15) is 24.6 Å². The lowest BCUT2D eigenvalue weighted by Gasteiger charge is -2.19. The van der Waals surface area contributed by atoms with E-state index in [0.29, 0.717) is 47.7 Å². The SMILES string of the molecule is CN(C)C(=O)Nc1ccccc1.O=C(O)c1ccccc1-c1c2cc(I)c(=O)c(I)c-2oc2c(I)c(O)c(I)cc12. The van der Waals surface area contributed by atoms with Crippen LogP contribution < -0.4 is 10.7 Å². The Morgan fingerprint density at radius 3 is 2.12 bits per heavy atom. The number of fused-ring (bicyclic) bond motifs is 2. The van der Waals surface area contributed by atoms with Crippen LogP contribution in [0.5, 0.6) is 5.75 Å². The maximum atomic E-state index is 12.5. The summed E-state index contributed by atoms with van der Waals surface area (Å²) in [5.41, 5.74) is 3.05. The average molecular weight is 1000 g/mol. The quantitative estimate of drug-likeness (QED) is 0.124. The molecule has 2 aliphatic rings. The Kier molecular flexibility index (Phi) is 10.4. The van der Waals surface area contributed by atoms with Gasteiger partial charge in [-0.1, -0.05) is 36.4 Å². The van der Waals surface area contributed by atoms with Crippen LogP contribution in [0.1, 0.15) is 10.4 Å². The number of aromatic hydroxyl groups is 1. The molecular formula is C29H20I4N2O6. The lowest BCUT2D eigenvalue weighted by Crippen LogP contribution is -2.27. The molecule has 0 saturated carbocycles. The second kappa shape index (κ2) is 13.4. The Balaban J connectivity index is 0.000000271. The van der Waals surface area contributed by atoms with Gasteiger partial charge in [0, 0.05) is 36.3 Å². The fourth-order valence-electron chi connectivity index (χ4n) is 3.93. The molecule has 1 aliphatic carbocycles. The summed E-state index contributed by atoms with van der Waals surface area (Å²) in [6.45, 7) is 0. The molecule has 1 heterocycles. The number of carbonyl (C=O) groups excluding carboxylic acids is 1. The molecule has 2 amide bonds. The summed E-state index contributed by atoms with van der Waals surface area (Å²) in [6, 6.07) is 19.5. The first-order valence-corrected chi connectivity index (χ1v) is 16.0. The lowest BCUT2D eigenvalue weighted by molar-refractivity contribution is 0.0697. The van der Waals surface area contributed by atoms with E-state index in [4.69, 9.17) is 4.42 Å². The number of hydrogen-bond acceptors (Lipinski definition) is 5. The number of benzene rings is 4. The molecule has 0 aromatic heterocycles. The van der Waals surface area contributed by atoms with E-state index in [1.165, 1.54) is 4.90 Å². The molecule has 3 aromatic rings. The highest BCUT2D eigenvalue weighted by Crippen LogP contribution is 2.46. The first-order chi connectivity index (χ1) is 19.4. The second-order valence-corrected chi connectivity index (χ2v) is 13.3. The van der Waals surface area contributed by atoms with Gasteiger partial charge in [-0.05, 0) is 126 Å². The summed E-state index contributed by atoms with van der Waals surface area (Å²) in [5, 5.41) is 23.6. The highest BCUT2D eigenvalue weighted by molar-refractivity contribution is 14.1. The molecule has 0 unspecified atom stereocenters. The van der Waals surface area contributed by atoms with E-state index in [-0.39, 0.29) is 22.8 Å². The van der Waals surface area contributed by atoms with E-state index in [1.54, 1.807) is 50.5 Å². The van der Waals surface area contributed by atoms with Gasteiger partial charge in [0.25, 0.3) is 0 Å². The van der Waals surface area contributed by atoms with Crippen molar-refractivity contribution >= 4 is 119 Å². The number of rotatable bonds is 3. The Morgan fingerprint density at radius 1 is 0.854 bits per heavy atom. The first-order valence-electron chi connectivity index (χ1n) is 11.7. The van der Waals surface area contributed by atoms with Gasteiger partial charge in [0.2, 0.25) is 5.43 Å². The number of phenols is 1. The zero-order chi connectivity index (χ0) is 30.0. The van der Waals surface area contributed by atoms with Gasteiger partial charge in [-0.25, -0.2) is 9.59 Å². The van der Waals surface area contributed by atoms with Crippen LogP contribution in [-0.4, -0.2) is 41.2 Å². The number of carboxylic acid groups (broad SMARTS) is 1. The molecule has 210 valence electrons. The average Bonchev–Trinajstić information content (AvgIpc) is 2.95. The Hall–Kier alpha value is -2.19. The van der Waals surface area contributed by atoms with Crippen LogP contribution in [0.25, 0.3) is 33.4 Å². The minimum Gasteiger partial charge on any atom is -0.506 e. The first kappa shape index (κ1) is 31.7. The number of anilines is 1. The number of phenolic OH excluding ortho intramolecular Hbond substituents is 1. The number of hydrogen-bond donors (Lipinski definition) is 3. The van der Waals surface area contributed by atoms with Crippen molar-refractivity contribution < 1.29 is 24.2 Å². The highest BCUT2D eigenvalue weighted by atomic mass is 127. The summed E-state index contributed by atoms with van der Waals surface area (Å²) < 4.78 is 8.16. The fraction of sp³-hybridized carbons (Fsp3) is 0.0690. The van der Waals surface area contributed by atoms with Crippen molar-refractivity contribution in [3.05, 3.63) is 96.8 Å². The van der Waals surface area contributed by atoms with Gasteiger partial charge in [0.15, 0.2) is 11.3 Å². The molecule has 0 radical (unpaired) electrons. The molecule has 12 heteroatoms. The van der Waals surface area contributed by atoms with Crippen molar-refractivity contribution in [2.45, 2.75) is 0 Å². The van der Waals surface area contributed by atoms with E-state index in [1.807, 2.05) is 121 Å². The van der Waals surface area contributed by atoms with Crippen molar-refractivity contribution in [1.82, 2.24) is 4.90 Å². The standard InChI is InChI=1S/C20H8I4O5.C9H12N2O/c21-11-5-9-13(7-3-1-2-4-8(7)20(27)28)10-6-12(22)17(26)15(24)19(10)29-18(9)14(23)16(11)25;1-11(2)9(12)10-8-6-4-3-5-7-8/h1-6,25H,(H,27,28);3-7H,1-2H3,(H,10,12). The second-order valence-electron chi connectivity index (χ2n) is 8.79. The summed E-state index contributed by atoms with van der Waals surface area (Å²) in [5.74, 6) is -0.588.